The molecule has 0 radical (unpaired) electrons. The van der Waals surface area contributed by atoms with Crippen LogP contribution in [0.4, 0.5) is 0 Å². The maximum absolute atomic E-state index is 7.48. The van der Waals surface area contributed by atoms with Gasteiger partial charge >= 0.3 is 0 Å². The van der Waals surface area contributed by atoms with E-state index in [2.05, 4.69) is 116 Å². The molecule has 0 heterocycles. The zero-order valence-corrected chi connectivity index (χ0v) is 88.1. The van der Waals surface area contributed by atoms with Gasteiger partial charge in [-0.25, -0.2) is 0 Å². The van der Waals surface area contributed by atoms with Gasteiger partial charge in [0.05, 0.1) is 39.6 Å². The third-order valence-corrected chi connectivity index (χ3v) is 32.6. The number of rotatable bonds is 102. The van der Waals surface area contributed by atoms with Crippen molar-refractivity contribution in [2.24, 2.45) is 0 Å². The number of ether oxygens (including phenoxy) is 6. The topological polar surface area (TPSA) is 64.6 Å². The summed E-state index contributed by atoms with van der Waals surface area (Å²) in [6, 6.07) is 8.99. The van der Waals surface area contributed by atoms with E-state index in [4.69, 9.17) is 32.5 Å². The van der Waals surface area contributed by atoms with Gasteiger partial charge in [0.25, 0.3) is 0 Å². The maximum atomic E-state index is 7.48. The van der Waals surface area contributed by atoms with Crippen molar-refractivity contribution in [3.8, 4) is 34.5 Å². The molecule has 0 aliphatic carbocycles. The summed E-state index contributed by atoms with van der Waals surface area (Å²) >= 11 is 0. The summed E-state index contributed by atoms with van der Waals surface area (Å²) in [6.45, 7) is 27.5. The van der Waals surface area contributed by atoms with Crippen molar-refractivity contribution in [1.29, 1.82) is 0 Å². The Balaban J connectivity index is 2.49. The Hall–Kier alpha value is -2.89. The standard InChI is InChI=1S/C116H218O7Si2/c1-11-17-23-29-35-41-47-53-59-65-71-77-83-89-97-117-111-105-109(106-112(118-98-90-84-78-72-66-60-54-48-42-36-30-24-18-12-2)115(111)121-101-93-87-81-75-69-63-57-51-45-39-33-27-21-15-5)95-103-124(7,8)123-125(9,10)104-96-110-107-113(119-99-91-85-79-73-67-61-55-49-43-37-31-25-19-13-3)116(122-102-94-88-82-76-70-64-58-52-46-40-34-28-22-16-6)114(108-110)120-100-92-86-80-74-68-62-56-50-44-38-32-26-20-14-4/h95-96,103-108H,11-94,97-102H2,1-10H3/b103-95+,104-96+. The summed E-state index contributed by atoms with van der Waals surface area (Å²) in [7, 11) is -4.82. The van der Waals surface area contributed by atoms with Crippen LogP contribution in [0.25, 0.3) is 12.2 Å². The molecule has 0 spiro atoms. The largest absolute Gasteiger partial charge is 0.490 e. The molecule has 0 saturated carbocycles. The lowest BCUT2D eigenvalue weighted by Crippen LogP contribution is -2.42. The Morgan fingerprint density at radius 3 is 0.424 bits per heavy atom. The second kappa shape index (κ2) is 91.6. The van der Waals surface area contributed by atoms with Crippen LogP contribution in [0.1, 0.15) is 592 Å². The first-order valence-corrected chi connectivity index (χ1v) is 62.7. The first-order valence-electron chi connectivity index (χ1n) is 56.7. The molecule has 0 unspecified atom stereocenters. The van der Waals surface area contributed by atoms with Crippen molar-refractivity contribution in [2.75, 3.05) is 39.6 Å². The van der Waals surface area contributed by atoms with Gasteiger partial charge in [-0.2, -0.15) is 0 Å². The van der Waals surface area contributed by atoms with E-state index in [1.165, 1.54) is 501 Å². The SMILES string of the molecule is CCCCCCCCCCCCCCCCOc1cc(/C=C/[Si](C)(C)O[Si](C)(C)/C=C/c2cc(OCCCCCCCCCCCCCCCC)c(OCCCCCCCCCCCCCCCC)c(OCCCCCCCCCCCCCCCC)c2)cc(OCCCCCCCCCCCCCCCC)c1OCCCCCCCCCCCCCCCC. The average molecular weight is 1780 g/mol. The van der Waals surface area contributed by atoms with Gasteiger partial charge in [-0.15, -0.1) is 0 Å². The molecule has 0 atom stereocenters. The van der Waals surface area contributed by atoms with Crippen molar-refractivity contribution < 1.29 is 32.5 Å². The minimum Gasteiger partial charge on any atom is -0.490 e. The molecule has 0 N–H and O–H groups in total. The summed E-state index contributed by atoms with van der Waals surface area (Å²) in [5, 5.41) is 0. The fourth-order valence-electron chi connectivity index (χ4n) is 18.3. The predicted molar refractivity (Wildman–Crippen MR) is 562 cm³/mol. The third kappa shape index (κ3) is 77.3. The van der Waals surface area contributed by atoms with Gasteiger partial charge in [0.15, 0.2) is 39.6 Å². The molecule has 0 aliphatic heterocycles. The highest BCUT2D eigenvalue weighted by Crippen LogP contribution is 2.43. The third-order valence-electron chi connectivity index (χ3n) is 26.5. The molecule has 2 rings (SSSR count). The molecule has 9 heteroatoms. The van der Waals surface area contributed by atoms with Crippen LogP contribution in [-0.4, -0.2) is 56.3 Å². The molecule has 2 aromatic rings. The van der Waals surface area contributed by atoms with E-state index in [0.717, 1.165) is 84.1 Å². The number of benzene rings is 2. The molecule has 2 aromatic carbocycles. The van der Waals surface area contributed by atoms with E-state index in [0.29, 0.717) is 39.6 Å². The smallest absolute Gasteiger partial charge is 0.203 e. The minimum atomic E-state index is -2.41. The highest BCUT2D eigenvalue weighted by Gasteiger charge is 2.30. The van der Waals surface area contributed by atoms with Crippen molar-refractivity contribution >= 4 is 28.8 Å². The average Bonchev–Trinajstić information content (AvgIpc) is 0.823. The van der Waals surface area contributed by atoms with Crippen LogP contribution in [0.2, 0.25) is 26.2 Å². The molecule has 125 heavy (non-hydrogen) atoms. The van der Waals surface area contributed by atoms with Crippen LogP contribution in [-0.2, 0) is 4.12 Å². The maximum Gasteiger partial charge on any atom is 0.203 e. The summed E-state index contributed by atoms with van der Waals surface area (Å²) < 4.78 is 49.2. The van der Waals surface area contributed by atoms with E-state index >= 15 is 0 Å². The number of unbranched alkanes of at least 4 members (excludes halogenated alkanes) is 78. The molecule has 0 saturated heterocycles. The zero-order chi connectivity index (χ0) is 89.9. The molecule has 0 aliphatic rings. The fraction of sp³-hybridized carbons (Fsp3) is 0.862. The Labute approximate surface area is 784 Å². The van der Waals surface area contributed by atoms with Gasteiger partial charge in [-0.05, 0) is 100 Å². The van der Waals surface area contributed by atoms with E-state index in [1.54, 1.807) is 0 Å². The summed E-state index contributed by atoms with van der Waals surface area (Å²) in [6.07, 6.45) is 117. The van der Waals surface area contributed by atoms with Crippen molar-refractivity contribution in [2.45, 2.75) is 607 Å². The molecule has 0 aromatic heterocycles. The Kier molecular flexibility index (Phi) is 86.6. The second-order valence-corrected chi connectivity index (χ2v) is 48.2. The lowest BCUT2D eigenvalue weighted by Gasteiger charge is -2.30. The number of hydrogen-bond acceptors (Lipinski definition) is 7. The second-order valence-electron chi connectivity index (χ2n) is 40.3. The molecule has 0 fully saturated rings. The summed E-state index contributed by atoms with van der Waals surface area (Å²) in [4.78, 5) is 0. The molecular formula is C116H218O7Si2. The van der Waals surface area contributed by atoms with Crippen LogP contribution in [0.15, 0.2) is 35.7 Å². The summed E-state index contributed by atoms with van der Waals surface area (Å²) in [5.41, 5.74) is 7.00. The Morgan fingerprint density at radius 2 is 0.288 bits per heavy atom. The van der Waals surface area contributed by atoms with Crippen molar-refractivity contribution in [1.82, 2.24) is 0 Å². The van der Waals surface area contributed by atoms with Crippen LogP contribution in [0.5, 0.6) is 34.5 Å². The monoisotopic (exact) mass is 1780 g/mol. The van der Waals surface area contributed by atoms with Gasteiger partial charge in [-0.1, -0.05) is 566 Å². The highest BCUT2D eigenvalue weighted by molar-refractivity contribution is 6.90. The summed E-state index contributed by atoms with van der Waals surface area (Å²) in [5.74, 6) is 4.93. The van der Waals surface area contributed by atoms with Crippen LogP contribution in [0, 0.1) is 0 Å². The highest BCUT2D eigenvalue weighted by atomic mass is 28.4. The predicted octanol–water partition coefficient (Wildman–Crippen LogP) is 41.1. The quantitative estimate of drug-likeness (QED) is 0.0483. The fourth-order valence-corrected chi connectivity index (χ4v) is 25.5. The first-order chi connectivity index (χ1) is 61.5. The van der Waals surface area contributed by atoms with E-state index in [-0.39, 0.29) is 0 Å². The Bertz CT molecular complexity index is 2310. The van der Waals surface area contributed by atoms with Gasteiger partial charge < -0.3 is 32.5 Å². The van der Waals surface area contributed by atoms with E-state index in [1.807, 2.05) is 0 Å². The molecular weight excluding hydrogens is 1560 g/mol. The minimum absolute atomic E-state index is 0.678. The van der Waals surface area contributed by atoms with Gasteiger partial charge in [-0.3, -0.25) is 0 Å². The van der Waals surface area contributed by atoms with Crippen LogP contribution >= 0.6 is 0 Å². The van der Waals surface area contributed by atoms with E-state index in [9.17, 15) is 0 Å². The van der Waals surface area contributed by atoms with Crippen LogP contribution < -0.4 is 28.4 Å². The first kappa shape index (κ1) is 118. The number of hydrogen-bond donors (Lipinski definition) is 0. The lowest BCUT2D eigenvalue weighted by atomic mass is 10.0. The van der Waals surface area contributed by atoms with Crippen molar-refractivity contribution in [3.63, 3.8) is 0 Å². The van der Waals surface area contributed by atoms with Crippen molar-refractivity contribution in [3.05, 3.63) is 46.8 Å². The molecule has 732 valence electrons. The van der Waals surface area contributed by atoms with Gasteiger partial charge in [0.2, 0.25) is 11.5 Å². The molecule has 0 bridgehead atoms. The van der Waals surface area contributed by atoms with Gasteiger partial charge in [0, 0.05) is 0 Å². The molecule has 0 amide bonds. The molecule has 7 nitrogen and oxygen atoms in total. The lowest BCUT2D eigenvalue weighted by molar-refractivity contribution is 0.234. The Morgan fingerprint density at radius 1 is 0.168 bits per heavy atom. The van der Waals surface area contributed by atoms with Gasteiger partial charge in [0.1, 0.15) is 0 Å². The van der Waals surface area contributed by atoms with Crippen LogP contribution in [0.3, 0.4) is 0 Å². The normalized spacial score (nSPS) is 12.0. The van der Waals surface area contributed by atoms with E-state index < -0.39 is 16.6 Å². The zero-order valence-electron chi connectivity index (χ0n) is 86.1.